The molecule has 0 spiro atoms. The molecule has 0 aliphatic carbocycles. The first-order valence-corrected chi connectivity index (χ1v) is 7.08. The standard InChI is InChI=1S/C12H22O11/c13-1-3-5(15)6(16)9(19)12(22-3)23-10-4(2-14)21-11(20)8(18)7(10)17/h3-20H,1-2H2/t3-,4-,5+,6?,7+,8-,9-,10+,11-,12-/m1/s1. The van der Waals surface area contributed by atoms with Gasteiger partial charge >= 0.3 is 0 Å². The van der Waals surface area contributed by atoms with E-state index in [1.54, 1.807) is 0 Å². The Morgan fingerprint density at radius 1 is 0.652 bits per heavy atom. The Balaban J connectivity index is 2.11. The van der Waals surface area contributed by atoms with Crippen molar-refractivity contribution in [1.29, 1.82) is 0 Å². The lowest BCUT2D eigenvalue weighted by atomic mass is 9.97. The maximum atomic E-state index is 9.94. The van der Waals surface area contributed by atoms with Crippen molar-refractivity contribution in [3.8, 4) is 0 Å². The van der Waals surface area contributed by atoms with E-state index in [4.69, 9.17) is 19.3 Å². The van der Waals surface area contributed by atoms with Crippen LogP contribution in [0.15, 0.2) is 0 Å². The summed E-state index contributed by atoms with van der Waals surface area (Å²) in [5.74, 6) is 0. The Morgan fingerprint density at radius 3 is 1.83 bits per heavy atom. The van der Waals surface area contributed by atoms with Crippen LogP contribution in [0, 0.1) is 0 Å². The minimum atomic E-state index is -1.74. The van der Waals surface area contributed by atoms with Gasteiger partial charge in [0.05, 0.1) is 13.2 Å². The number of rotatable bonds is 4. The lowest BCUT2D eigenvalue weighted by molar-refractivity contribution is -0.355. The van der Waals surface area contributed by atoms with E-state index in [0.29, 0.717) is 0 Å². The fraction of sp³-hybridized carbons (Fsp3) is 1.00. The molecule has 11 nitrogen and oxygen atoms in total. The second kappa shape index (κ2) is 7.63. The van der Waals surface area contributed by atoms with Crippen molar-refractivity contribution in [3.63, 3.8) is 0 Å². The first-order chi connectivity index (χ1) is 10.8. The molecule has 2 heterocycles. The van der Waals surface area contributed by atoms with E-state index in [-0.39, 0.29) is 0 Å². The maximum Gasteiger partial charge on any atom is 0.187 e. The van der Waals surface area contributed by atoms with Gasteiger partial charge in [0.1, 0.15) is 48.8 Å². The SMILES string of the molecule is OC[C@H]1O[C@@H](O)[C@H](O)[C@H](O)[C@H]1O[C@H]1O[C@H](CO)[C@H](O)C(O)[C@H]1O. The molecule has 0 aromatic carbocycles. The van der Waals surface area contributed by atoms with E-state index >= 15 is 0 Å². The third-order valence-corrected chi connectivity index (χ3v) is 3.98. The van der Waals surface area contributed by atoms with Gasteiger partial charge in [-0.15, -0.1) is 0 Å². The molecular formula is C12H22O11. The molecule has 2 aliphatic heterocycles. The normalized spacial score (nSPS) is 51.7. The fourth-order valence-corrected chi connectivity index (χ4v) is 2.57. The average molecular weight is 342 g/mol. The van der Waals surface area contributed by atoms with Crippen molar-refractivity contribution in [2.75, 3.05) is 13.2 Å². The Hall–Kier alpha value is -0.440. The molecule has 11 heteroatoms. The molecule has 1 unspecified atom stereocenters. The highest BCUT2D eigenvalue weighted by molar-refractivity contribution is 4.93. The molecule has 0 aromatic heterocycles. The summed E-state index contributed by atoms with van der Waals surface area (Å²) in [5.41, 5.74) is 0. The predicted molar refractivity (Wildman–Crippen MR) is 68.6 cm³/mol. The van der Waals surface area contributed by atoms with Crippen LogP contribution >= 0.6 is 0 Å². The first kappa shape index (κ1) is 18.9. The monoisotopic (exact) mass is 342 g/mol. The van der Waals surface area contributed by atoms with Crippen molar-refractivity contribution in [1.82, 2.24) is 0 Å². The van der Waals surface area contributed by atoms with Crippen molar-refractivity contribution in [2.24, 2.45) is 0 Å². The molecule has 8 N–H and O–H groups in total. The molecular weight excluding hydrogens is 320 g/mol. The maximum absolute atomic E-state index is 9.94. The van der Waals surface area contributed by atoms with Crippen molar-refractivity contribution in [3.05, 3.63) is 0 Å². The van der Waals surface area contributed by atoms with Gasteiger partial charge < -0.3 is 55.1 Å². The van der Waals surface area contributed by atoms with Crippen molar-refractivity contribution < 1.29 is 55.1 Å². The summed E-state index contributed by atoms with van der Waals surface area (Å²) in [7, 11) is 0. The quantitative estimate of drug-likeness (QED) is 0.243. The van der Waals surface area contributed by atoms with Crippen LogP contribution in [-0.2, 0) is 14.2 Å². The van der Waals surface area contributed by atoms with Crippen LogP contribution in [0.5, 0.6) is 0 Å². The summed E-state index contributed by atoms with van der Waals surface area (Å²) in [5, 5.41) is 76.5. The molecule has 0 aromatic rings. The highest BCUT2D eigenvalue weighted by atomic mass is 16.7. The minimum Gasteiger partial charge on any atom is -0.394 e. The third-order valence-electron chi connectivity index (χ3n) is 3.98. The topological polar surface area (TPSA) is 190 Å². The minimum absolute atomic E-state index is 0.667. The van der Waals surface area contributed by atoms with E-state index in [1.165, 1.54) is 0 Å². The highest BCUT2D eigenvalue weighted by Gasteiger charge is 2.50. The second-order valence-electron chi connectivity index (χ2n) is 5.53. The van der Waals surface area contributed by atoms with E-state index in [1.807, 2.05) is 0 Å². The van der Waals surface area contributed by atoms with E-state index < -0.39 is 74.6 Å². The lowest BCUT2D eigenvalue weighted by Crippen LogP contribution is -2.64. The van der Waals surface area contributed by atoms with E-state index in [2.05, 4.69) is 0 Å². The van der Waals surface area contributed by atoms with Gasteiger partial charge in [-0.3, -0.25) is 0 Å². The summed E-state index contributed by atoms with van der Waals surface area (Å²) in [4.78, 5) is 0. The molecule has 23 heavy (non-hydrogen) atoms. The molecule has 2 fully saturated rings. The Kier molecular flexibility index (Phi) is 6.27. The zero-order valence-electron chi connectivity index (χ0n) is 12.0. The summed E-state index contributed by atoms with van der Waals surface area (Å²) >= 11 is 0. The molecule has 0 amide bonds. The number of aliphatic hydroxyl groups excluding tert-OH is 8. The van der Waals surface area contributed by atoms with E-state index in [9.17, 15) is 35.7 Å². The number of aliphatic hydroxyl groups is 8. The fourth-order valence-electron chi connectivity index (χ4n) is 2.57. The van der Waals surface area contributed by atoms with Crippen LogP contribution in [0.1, 0.15) is 0 Å². The average Bonchev–Trinajstić information content (AvgIpc) is 2.55. The smallest absolute Gasteiger partial charge is 0.187 e. The Morgan fingerprint density at radius 2 is 1.26 bits per heavy atom. The molecule has 136 valence electrons. The number of hydrogen-bond acceptors (Lipinski definition) is 11. The molecule has 2 rings (SSSR count). The molecule has 0 saturated carbocycles. The predicted octanol–water partition coefficient (Wildman–Crippen LogP) is -5.40. The Labute approximate surface area is 130 Å². The van der Waals surface area contributed by atoms with Crippen LogP contribution < -0.4 is 0 Å². The van der Waals surface area contributed by atoms with Gasteiger partial charge in [-0.05, 0) is 0 Å². The van der Waals surface area contributed by atoms with Crippen molar-refractivity contribution in [2.45, 2.75) is 61.4 Å². The van der Waals surface area contributed by atoms with Crippen LogP contribution in [0.2, 0.25) is 0 Å². The van der Waals surface area contributed by atoms with Gasteiger partial charge in [-0.25, -0.2) is 0 Å². The zero-order chi connectivity index (χ0) is 17.3. The summed E-state index contributed by atoms with van der Waals surface area (Å²) < 4.78 is 15.3. The summed E-state index contributed by atoms with van der Waals surface area (Å²) in [6.07, 6.45) is -15.6. The third kappa shape index (κ3) is 3.65. The van der Waals surface area contributed by atoms with Crippen LogP contribution in [0.25, 0.3) is 0 Å². The van der Waals surface area contributed by atoms with Crippen LogP contribution in [0.4, 0.5) is 0 Å². The molecule has 10 atom stereocenters. The summed E-state index contributed by atoms with van der Waals surface area (Å²) in [6, 6.07) is 0. The van der Waals surface area contributed by atoms with Gasteiger partial charge in [-0.1, -0.05) is 0 Å². The van der Waals surface area contributed by atoms with Gasteiger partial charge in [0, 0.05) is 0 Å². The molecule has 2 aliphatic rings. The van der Waals surface area contributed by atoms with Crippen LogP contribution in [-0.4, -0.2) is 115 Å². The van der Waals surface area contributed by atoms with Gasteiger partial charge in [0.15, 0.2) is 12.6 Å². The van der Waals surface area contributed by atoms with Crippen molar-refractivity contribution >= 4 is 0 Å². The van der Waals surface area contributed by atoms with Gasteiger partial charge in [0.25, 0.3) is 0 Å². The molecule has 0 bridgehead atoms. The number of ether oxygens (including phenoxy) is 3. The van der Waals surface area contributed by atoms with Gasteiger partial charge in [0.2, 0.25) is 0 Å². The Bertz CT molecular complexity index is 378. The second-order valence-corrected chi connectivity index (χ2v) is 5.53. The highest BCUT2D eigenvalue weighted by Crippen LogP contribution is 2.28. The van der Waals surface area contributed by atoms with E-state index in [0.717, 1.165) is 0 Å². The molecule has 0 radical (unpaired) electrons. The lowest BCUT2D eigenvalue weighted by Gasteiger charge is -2.45. The largest absolute Gasteiger partial charge is 0.394 e. The molecule has 2 saturated heterocycles. The number of hydrogen-bond donors (Lipinski definition) is 8. The summed E-state index contributed by atoms with van der Waals surface area (Å²) in [6.45, 7) is -1.35. The zero-order valence-corrected chi connectivity index (χ0v) is 12.0. The first-order valence-electron chi connectivity index (χ1n) is 7.08. The van der Waals surface area contributed by atoms with Gasteiger partial charge in [-0.2, -0.15) is 0 Å². The van der Waals surface area contributed by atoms with Crippen LogP contribution in [0.3, 0.4) is 0 Å².